The lowest BCUT2D eigenvalue weighted by molar-refractivity contribution is 0.0411. The van der Waals surface area contributed by atoms with Crippen molar-refractivity contribution >= 4 is 6.16 Å². The van der Waals surface area contributed by atoms with Crippen molar-refractivity contribution in [3.8, 4) is 11.5 Å². The van der Waals surface area contributed by atoms with Crippen molar-refractivity contribution in [1.29, 1.82) is 0 Å². The van der Waals surface area contributed by atoms with Gasteiger partial charge in [0.05, 0.1) is 6.10 Å². The zero-order chi connectivity index (χ0) is 16.4. The molecule has 22 heavy (non-hydrogen) atoms. The Balaban J connectivity index is 2.88. The van der Waals surface area contributed by atoms with E-state index in [1.807, 2.05) is 0 Å². The maximum atomic E-state index is 10.7. The summed E-state index contributed by atoms with van der Waals surface area (Å²) in [7, 11) is 0. The molecular weight excluding hydrogens is 284 g/mol. The summed E-state index contributed by atoms with van der Waals surface area (Å²) in [5, 5.41) is 19.0. The van der Waals surface area contributed by atoms with Gasteiger partial charge >= 0.3 is 6.16 Å². The molecular formula is C17H26O5. The van der Waals surface area contributed by atoms with Gasteiger partial charge < -0.3 is 19.7 Å². The normalized spacial score (nSPS) is 12.1. The molecule has 0 saturated heterocycles. The SMILES string of the molecule is CCCCCC(OCCCC)c1cccc(OC(=O)O)c1O. The lowest BCUT2D eigenvalue weighted by Gasteiger charge is -2.20. The van der Waals surface area contributed by atoms with Gasteiger partial charge in [-0.05, 0) is 18.9 Å². The van der Waals surface area contributed by atoms with Gasteiger partial charge in [-0.3, -0.25) is 0 Å². The summed E-state index contributed by atoms with van der Waals surface area (Å²) in [6.45, 7) is 4.84. The first-order valence-corrected chi connectivity index (χ1v) is 7.94. The fourth-order valence-corrected chi connectivity index (χ4v) is 2.25. The van der Waals surface area contributed by atoms with Crippen LogP contribution in [0.1, 0.15) is 64.0 Å². The van der Waals surface area contributed by atoms with Crippen molar-refractivity contribution in [2.24, 2.45) is 0 Å². The molecule has 0 heterocycles. The number of benzene rings is 1. The molecule has 1 atom stereocenters. The maximum Gasteiger partial charge on any atom is 0.511 e. The zero-order valence-corrected chi connectivity index (χ0v) is 13.4. The molecule has 0 aliphatic carbocycles. The summed E-state index contributed by atoms with van der Waals surface area (Å²) in [5.41, 5.74) is 0.589. The van der Waals surface area contributed by atoms with Crippen molar-refractivity contribution in [2.45, 2.75) is 58.5 Å². The van der Waals surface area contributed by atoms with Gasteiger partial charge in [0.1, 0.15) is 0 Å². The number of hydrogen-bond acceptors (Lipinski definition) is 4. The second-order valence-corrected chi connectivity index (χ2v) is 5.27. The Morgan fingerprint density at radius 3 is 2.55 bits per heavy atom. The number of hydrogen-bond donors (Lipinski definition) is 2. The molecule has 1 aromatic rings. The molecule has 0 bridgehead atoms. The highest BCUT2D eigenvalue weighted by atomic mass is 16.7. The molecule has 1 aromatic carbocycles. The maximum absolute atomic E-state index is 10.7. The van der Waals surface area contributed by atoms with E-state index in [-0.39, 0.29) is 17.6 Å². The first kappa shape index (κ1) is 18.3. The summed E-state index contributed by atoms with van der Waals surface area (Å²) in [6.07, 6.45) is 4.30. The monoisotopic (exact) mass is 310 g/mol. The van der Waals surface area contributed by atoms with Crippen molar-refractivity contribution in [1.82, 2.24) is 0 Å². The van der Waals surface area contributed by atoms with E-state index in [0.717, 1.165) is 38.5 Å². The molecule has 0 spiro atoms. The number of carbonyl (C=O) groups is 1. The van der Waals surface area contributed by atoms with Gasteiger partial charge in [0.25, 0.3) is 0 Å². The van der Waals surface area contributed by atoms with Gasteiger partial charge in [0, 0.05) is 12.2 Å². The Morgan fingerprint density at radius 1 is 1.18 bits per heavy atom. The summed E-state index contributed by atoms with van der Waals surface area (Å²) in [5.74, 6) is -0.201. The number of rotatable bonds is 10. The third-order valence-electron chi connectivity index (χ3n) is 3.46. The van der Waals surface area contributed by atoms with Gasteiger partial charge in [-0.15, -0.1) is 0 Å². The predicted molar refractivity (Wildman–Crippen MR) is 84.5 cm³/mol. The molecule has 5 heteroatoms. The molecule has 0 amide bonds. The number of phenols is 1. The van der Waals surface area contributed by atoms with Crippen LogP contribution in [-0.2, 0) is 4.74 Å². The van der Waals surface area contributed by atoms with Crippen LogP contribution in [0.2, 0.25) is 0 Å². The van der Waals surface area contributed by atoms with E-state index in [4.69, 9.17) is 9.84 Å². The number of unbranched alkanes of at least 4 members (excludes halogenated alkanes) is 3. The molecule has 0 aromatic heterocycles. The highest BCUT2D eigenvalue weighted by Crippen LogP contribution is 2.37. The van der Waals surface area contributed by atoms with Crippen molar-refractivity contribution < 1.29 is 24.5 Å². The minimum Gasteiger partial charge on any atom is -0.504 e. The second kappa shape index (κ2) is 10.1. The van der Waals surface area contributed by atoms with Crippen LogP contribution < -0.4 is 4.74 Å². The number of ether oxygens (including phenoxy) is 2. The first-order valence-electron chi connectivity index (χ1n) is 7.94. The number of phenolic OH excluding ortho intramolecular Hbond substituents is 1. The smallest absolute Gasteiger partial charge is 0.504 e. The van der Waals surface area contributed by atoms with Crippen molar-refractivity contribution in [2.75, 3.05) is 6.61 Å². The van der Waals surface area contributed by atoms with Gasteiger partial charge in [0.2, 0.25) is 0 Å². The van der Waals surface area contributed by atoms with Crippen LogP contribution in [0.4, 0.5) is 4.79 Å². The Morgan fingerprint density at radius 2 is 1.91 bits per heavy atom. The highest BCUT2D eigenvalue weighted by Gasteiger charge is 2.19. The Hall–Kier alpha value is -1.75. The van der Waals surface area contributed by atoms with E-state index < -0.39 is 6.16 Å². The fourth-order valence-electron chi connectivity index (χ4n) is 2.25. The number of para-hydroxylation sites is 1. The quantitative estimate of drug-likeness (QED) is 0.365. The summed E-state index contributed by atoms with van der Waals surface area (Å²) >= 11 is 0. The second-order valence-electron chi connectivity index (χ2n) is 5.27. The van der Waals surface area contributed by atoms with Crippen LogP contribution in [0, 0.1) is 0 Å². The van der Waals surface area contributed by atoms with Crippen LogP contribution in [-0.4, -0.2) is 23.0 Å². The summed E-state index contributed by atoms with van der Waals surface area (Å²) in [6, 6.07) is 4.86. The van der Waals surface area contributed by atoms with Crippen molar-refractivity contribution in [3.05, 3.63) is 23.8 Å². The van der Waals surface area contributed by atoms with E-state index in [9.17, 15) is 9.90 Å². The Bertz CT molecular complexity index is 448. The molecule has 5 nitrogen and oxygen atoms in total. The zero-order valence-electron chi connectivity index (χ0n) is 13.4. The molecule has 0 radical (unpaired) electrons. The average Bonchev–Trinajstić information content (AvgIpc) is 2.48. The average molecular weight is 310 g/mol. The molecule has 1 unspecified atom stereocenters. The molecule has 124 valence electrons. The van der Waals surface area contributed by atoms with E-state index in [2.05, 4.69) is 18.6 Å². The minimum atomic E-state index is -1.44. The predicted octanol–water partition coefficient (Wildman–Crippen LogP) is 4.89. The topological polar surface area (TPSA) is 76.0 Å². The minimum absolute atomic E-state index is 0.0513. The van der Waals surface area contributed by atoms with E-state index in [1.54, 1.807) is 12.1 Å². The van der Waals surface area contributed by atoms with Crippen LogP contribution in [0.3, 0.4) is 0 Å². The van der Waals surface area contributed by atoms with Crippen LogP contribution in [0.25, 0.3) is 0 Å². The first-order chi connectivity index (χ1) is 10.6. The summed E-state index contributed by atoms with van der Waals surface area (Å²) in [4.78, 5) is 10.7. The lowest BCUT2D eigenvalue weighted by atomic mass is 10.0. The molecule has 0 fully saturated rings. The third kappa shape index (κ3) is 5.93. The van der Waals surface area contributed by atoms with Gasteiger partial charge in [-0.25, -0.2) is 4.79 Å². The molecule has 0 saturated carbocycles. The van der Waals surface area contributed by atoms with Crippen molar-refractivity contribution in [3.63, 3.8) is 0 Å². The standard InChI is InChI=1S/C17H26O5/c1-3-5-7-10-14(21-12-6-4-2)13-9-8-11-15(16(13)18)22-17(19)20/h8-9,11,14,18H,3-7,10,12H2,1-2H3,(H,19,20). The van der Waals surface area contributed by atoms with Crippen LogP contribution in [0.15, 0.2) is 18.2 Å². The van der Waals surface area contributed by atoms with Gasteiger partial charge in [0.15, 0.2) is 11.5 Å². The molecule has 1 rings (SSSR count). The van der Waals surface area contributed by atoms with Crippen LogP contribution in [0.5, 0.6) is 11.5 Å². The molecule has 0 aliphatic rings. The number of carboxylic acid groups (broad SMARTS) is 1. The van der Waals surface area contributed by atoms with Gasteiger partial charge in [-0.2, -0.15) is 0 Å². The molecule has 0 aliphatic heterocycles. The Labute approximate surface area is 131 Å². The number of aromatic hydroxyl groups is 1. The van der Waals surface area contributed by atoms with E-state index in [0.29, 0.717) is 12.2 Å². The third-order valence-corrected chi connectivity index (χ3v) is 3.46. The molecule has 2 N–H and O–H groups in total. The fraction of sp³-hybridized carbons (Fsp3) is 0.588. The largest absolute Gasteiger partial charge is 0.511 e. The summed E-state index contributed by atoms with van der Waals surface area (Å²) < 4.78 is 10.5. The van der Waals surface area contributed by atoms with Crippen LogP contribution >= 0.6 is 0 Å². The van der Waals surface area contributed by atoms with Gasteiger partial charge in [-0.1, -0.05) is 51.7 Å². The van der Waals surface area contributed by atoms with E-state index >= 15 is 0 Å². The lowest BCUT2D eigenvalue weighted by Crippen LogP contribution is -2.08. The Kier molecular flexibility index (Phi) is 8.36. The van der Waals surface area contributed by atoms with E-state index in [1.165, 1.54) is 6.07 Å². The highest BCUT2D eigenvalue weighted by molar-refractivity contribution is 5.63.